The quantitative estimate of drug-likeness (QED) is 0.588. The molecule has 0 radical (unpaired) electrons. The number of amides is 1. The van der Waals surface area contributed by atoms with Crippen LogP contribution in [0.1, 0.15) is 37.8 Å². The molecule has 29 heavy (non-hydrogen) atoms. The van der Waals surface area contributed by atoms with Gasteiger partial charge >= 0.3 is 0 Å². The third-order valence-corrected chi connectivity index (χ3v) is 4.72. The Morgan fingerprint density at radius 2 is 1.48 bits per heavy atom. The number of nitrogens with zero attached hydrogens (tertiary/aromatic N) is 1. The molecule has 1 amide bonds. The number of anilines is 1. The maximum Gasteiger partial charge on any atom is 0.265 e. The number of hydrogen-bond acceptors (Lipinski definition) is 3. The van der Waals surface area contributed by atoms with Gasteiger partial charge in [0, 0.05) is 5.69 Å². The van der Waals surface area contributed by atoms with Crippen LogP contribution in [0.4, 0.5) is 5.69 Å². The molecule has 0 heterocycles. The van der Waals surface area contributed by atoms with Gasteiger partial charge in [0.2, 0.25) is 0 Å². The largest absolute Gasteiger partial charge is 0.481 e. The molecule has 3 aromatic carbocycles. The first-order chi connectivity index (χ1) is 14.0. The first kappa shape index (κ1) is 20.2. The number of rotatable bonds is 6. The Morgan fingerprint density at radius 1 is 0.897 bits per heavy atom. The Labute approximate surface area is 171 Å². The monoisotopic (exact) mass is 384 g/mol. The van der Waals surface area contributed by atoms with Gasteiger partial charge in [-0.15, -0.1) is 0 Å². The maximum atomic E-state index is 12.6. The zero-order valence-corrected chi connectivity index (χ0v) is 16.8. The predicted octanol–water partition coefficient (Wildman–Crippen LogP) is 5.75. The number of nitrogens with one attached hydrogen (secondary N) is 1. The van der Waals surface area contributed by atoms with Crippen molar-refractivity contribution in [2.45, 2.75) is 32.8 Å². The Bertz CT molecular complexity index is 1020. The molecule has 0 spiro atoms. The molecular weight excluding hydrogens is 360 g/mol. The zero-order chi connectivity index (χ0) is 20.8. The number of hydrogen-bond donors (Lipinski definition) is 1. The van der Waals surface area contributed by atoms with E-state index in [2.05, 4.69) is 25.2 Å². The van der Waals surface area contributed by atoms with E-state index in [-0.39, 0.29) is 5.91 Å². The van der Waals surface area contributed by atoms with Crippen molar-refractivity contribution >= 4 is 11.6 Å². The summed E-state index contributed by atoms with van der Waals surface area (Å²) < 4.78 is 5.82. The third-order valence-electron chi connectivity index (χ3n) is 4.72. The van der Waals surface area contributed by atoms with E-state index in [1.807, 2.05) is 60.7 Å². The van der Waals surface area contributed by atoms with Gasteiger partial charge in [-0.2, -0.15) is 5.26 Å². The van der Waals surface area contributed by atoms with E-state index in [9.17, 15) is 4.79 Å². The molecule has 0 aliphatic rings. The second-order valence-corrected chi connectivity index (χ2v) is 7.20. The molecule has 4 heteroatoms. The van der Waals surface area contributed by atoms with E-state index >= 15 is 0 Å². The summed E-state index contributed by atoms with van der Waals surface area (Å²) in [7, 11) is 0. The van der Waals surface area contributed by atoms with Gasteiger partial charge in [0.25, 0.3) is 5.91 Å². The van der Waals surface area contributed by atoms with E-state index in [0.717, 1.165) is 22.4 Å². The molecule has 1 unspecified atom stereocenters. The summed E-state index contributed by atoms with van der Waals surface area (Å²) in [6, 6.07) is 24.9. The smallest absolute Gasteiger partial charge is 0.265 e. The Hall–Kier alpha value is -3.58. The van der Waals surface area contributed by atoms with Crippen LogP contribution in [0.25, 0.3) is 11.1 Å². The van der Waals surface area contributed by atoms with Crippen LogP contribution in [-0.4, -0.2) is 12.0 Å². The lowest BCUT2D eigenvalue weighted by atomic mass is 10.0. The average Bonchev–Trinajstić information content (AvgIpc) is 2.74. The van der Waals surface area contributed by atoms with Gasteiger partial charge in [-0.1, -0.05) is 56.3 Å². The molecule has 0 aromatic heterocycles. The van der Waals surface area contributed by atoms with Crippen LogP contribution >= 0.6 is 0 Å². The topological polar surface area (TPSA) is 62.1 Å². The van der Waals surface area contributed by atoms with Crippen molar-refractivity contribution < 1.29 is 9.53 Å². The van der Waals surface area contributed by atoms with E-state index in [4.69, 9.17) is 10.00 Å². The highest BCUT2D eigenvalue weighted by atomic mass is 16.5. The van der Waals surface area contributed by atoms with E-state index in [1.54, 1.807) is 19.1 Å². The first-order valence-corrected chi connectivity index (χ1v) is 9.65. The van der Waals surface area contributed by atoms with Crippen LogP contribution in [0.15, 0.2) is 72.8 Å². The van der Waals surface area contributed by atoms with E-state index in [0.29, 0.717) is 17.2 Å². The lowest BCUT2D eigenvalue weighted by Gasteiger charge is -2.18. The molecule has 146 valence electrons. The number of carbonyl (C=O) groups is 1. The summed E-state index contributed by atoms with van der Waals surface area (Å²) in [5.74, 6) is 0.758. The lowest BCUT2D eigenvalue weighted by molar-refractivity contribution is -0.122. The molecule has 0 aliphatic heterocycles. The SMILES string of the molecule is CC(Oc1ccc(-c2ccc(C#N)cc2)cc1)C(=O)Nc1ccccc1C(C)C. The summed E-state index contributed by atoms with van der Waals surface area (Å²) in [5.41, 5.74) is 4.59. The van der Waals surface area contributed by atoms with Crippen molar-refractivity contribution in [1.29, 1.82) is 5.26 Å². The van der Waals surface area contributed by atoms with Crippen molar-refractivity contribution in [2.24, 2.45) is 0 Å². The molecule has 3 rings (SSSR count). The second kappa shape index (κ2) is 9.07. The number of nitriles is 1. The Kier molecular flexibility index (Phi) is 6.31. The summed E-state index contributed by atoms with van der Waals surface area (Å²) in [6.45, 7) is 5.93. The summed E-state index contributed by atoms with van der Waals surface area (Å²) in [5, 5.41) is 11.9. The van der Waals surface area contributed by atoms with Crippen molar-refractivity contribution in [3.8, 4) is 22.9 Å². The van der Waals surface area contributed by atoms with Gasteiger partial charge in [-0.05, 0) is 59.9 Å². The summed E-state index contributed by atoms with van der Waals surface area (Å²) in [6.07, 6.45) is -0.629. The first-order valence-electron chi connectivity index (χ1n) is 9.65. The van der Waals surface area contributed by atoms with Crippen molar-refractivity contribution in [3.05, 3.63) is 83.9 Å². The Balaban J connectivity index is 1.65. The van der Waals surface area contributed by atoms with Gasteiger partial charge in [0.1, 0.15) is 5.75 Å². The lowest BCUT2D eigenvalue weighted by Crippen LogP contribution is -2.30. The highest BCUT2D eigenvalue weighted by Gasteiger charge is 2.17. The van der Waals surface area contributed by atoms with Crippen LogP contribution in [-0.2, 0) is 4.79 Å². The fourth-order valence-corrected chi connectivity index (χ4v) is 3.07. The van der Waals surface area contributed by atoms with Gasteiger partial charge in [-0.3, -0.25) is 4.79 Å². The van der Waals surface area contributed by atoms with Gasteiger partial charge in [-0.25, -0.2) is 0 Å². The normalized spacial score (nSPS) is 11.6. The molecule has 0 fully saturated rings. The number of para-hydroxylation sites is 1. The molecule has 0 saturated heterocycles. The number of carbonyl (C=O) groups excluding carboxylic acids is 1. The van der Waals surface area contributed by atoms with Gasteiger partial charge < -0.3 is 10.1 Å². The molecule has 0 aliphatic carbocycles. The third kappa shape index (κ3) is 5.03. The van der Waals surface area contributed by atoms with Crippen LogP contribution in [0.3, 0.4) is 0 Å². The molecule has 1 atom stereocenters. The summed E-state index contributed by atoms with van der Waals surface area (Å²) >= 11 is 0. The highest BCUT2D eigenvalue weighted by molar-refractivity contribution is 5.94. The predicted molar refractivity (Wildman–Crippen MR) is 116 cm³/mol. The zero-order valence-electron chi connectivity index (χ0n) is 16.8. The van der Waals surface area contributed by atoms with Gasteiger partial charge in [0.05, 0.1) is 11.6 Å². The number of ether oxygens (including phenoxy) is 1. The molecule has 0 bridgehead atoms. The van der Waals surface area contributed by atoms with Crippen molar-refractivity contribution in [3.63, 3.8) is 0 Å². The molecule has 1 N–H and O–H groups in total. The van der Waals surface area contributed by atoms with Crippen LogP contribution in [0.2, 0.25) is 0 Å². The minimum absolute atomic E-state index is 0.186. The van der Waals surface area contributed by atoms with Crippen LogP contribution in [0.5, 0.6) is 5.75 Å². The second-order valence-electron chi connectivity index (χ2n) is 7.20. The van der Waals surface area contributed by atoms with Crippen LogP contribution in [0, 0.1) is 11.3 Å². The summed E-state index contributed by atoms with van der Waals surface area (Å²) in [4.78, 5) is 12.6. The maximum absolute atomic E-state index is 12.6. The fraction of sp³-hybridized carbons (Fsp3) is 0.200. The standard InChI is InChI=1S/C25H24N2O2/c1-17(2)23-6-4-5-7-24(23)27-25(28)18(3)29-22-14-12-21(13-15-22)20-10-8-19(16-26)9-11-20/h4-15,17-18H,1-3H3,(H,27,28). The minimum atomic E-state index is -0.629. The van der Waals surface area contributed by atoms with Crippen molar-refractivity contribution in [2.75, 3.05) is 5.32 Å². The minimum Gasteiger partial charge on any atom is -0.481 e. The fourth-order valence-electron chi connectivity index (χ4n) is 3.07. The number of benzene rings is 3. The van der Waals surface area contributed by atoms with Crippen LogP contribution < -0.4 is 10.1 Å². The average molecular weight is 384 g/mol. The van der Waals surface area contributed by atoms with Crippen molar-refractivity contribution in [1.82, 2.24) is 0 Å². The van der Waals surface area contributed by atoms with E-state index < -0.39 is 6.10 Å². The molecule has 3 aromatic rings. The molecular formula is C25H24N2O2. The van der Waals surface area contributed by atoms with E-state index in [1.165, 1.54) is 0 Å². The highest BCUT2D eigenvalue weighted by Crippen LogP contribution is 2.25. The molecule has 4 nitrogen and oxygen atoms in total. The Morgan fingerprint density at radius 3 is 2.07 bits per heavy atom. The molecule has 0 saturated carbocycles. The van der Waals surface area contributed by atoms with Gasteiger partial charge in [0.15, 0.2) is 6.10 Å².